The van der Waals surface area contributed by atoms with E-state index >= 15 is 0 Å². The van der Waals surface area contributed by atoms with E-state index in [9.17, 15) is 13.2 Å². The lowest BCUT2D eigenvalue weighted by atomic mass is 10.1. The first-order chi connectivity index (χ1) is 12.5. The second-order valence-corrected chi connectivity index (χ2v) is 9.04. The summed E-state index contributed by atoms with van der Waals surface area (Å²) in [5, 5.41) is 7.50. The van der Waals surface area contributed by atoms with Crippen LogP contribution in [0.25, 0.3) is 0 Å². The number of rotatable bonds is 4. The summed E-state index contributed by atoms with van der Waals surface area (Å²) in [6.07, 6.45) is 3.13. The minimum atomic E-state index is -3.05. The van der Waals surface area contributed by atoms with Gasteiger partial charge in [0.15, 0.2) is 9.84 Å². The monoisotopic (exact) mass is 375 g/mol. The summed E-state index contributed by atoms with van der Waals surface area (Å²) in [5.41, 5.74) is 3.05. The van der Waals surface area contributed by atoms with Crippen LogP contribution in [-0.2, 0) is 22.7 Å². The van der Waals surface area contributed by atoms with E-state index in [1.807, 2.05) is 0 Å². The lowest BCUT2D eigenvalue weighted by Gasteiger charge is -2.15. The Kier molecular flexibility index (Phi) is 4.22. The van der Waals surface area contributed by atoms with Gasteiger partial charge in [-0.3, -0.25) is 9.48 Å². The van der Waals surface area contributed by atoms with Crippen LogP contribution in [0.3, 0.4) is 0 Å². The molecule has 1 aromatic carbocycles. The number of fused-ring (bicyclic) bond motifs is 1. The Hall–Kier alpha value is -2.35. The smallest absolute Gasteiger partial charge is 0.274 e. The largest absolute Gasteiger partial charge is 0.497 e. The topological polar surface area (TPSA) is 90.3 Å². The van der Waals surface area contributed by atoms with Gasteiger partial charge in [0.25, 0.3) is 5.91 Å². The predicted molar refractivity (Wildman–Crippen MR) is 97.5 cm³/mol. The van der Waals surface area contributed by atoms with E-state index in [1.165, 1.54) is 0 Å². The van der Waals surface area contributed by atoms with Crippen LogP contribution in [0, 0.1) is 0 Å². The summed E-state index contributed by atoms with van der Waals surface area (Å²) in [6, 6.07) is 6.85. The molecule has 1 aromatic heterocycles. The first-order valence-corrected chi connectivity index (χ1v) is 10.5. The molecule has 4 rings (SSSR count). The third-order valence-electron chi connectivity index (χ3n) is 5.05. The number of nitrogens with zero attached hydrogens (tertiary/aromatic N) is 2. The number of nitrogens with one attached hydrogen (secondary N) is 1. The Bertz CT molecular complexity index is 948. The molecule has 2 aliphatic rings. The number of sulfone groups is 1. The number of amides is 1. The van der Waals surface area contributed by atoms with Crippen LogP contribution in [0.1, 0.15) is 40.6 Å². The molecule has 1 aliphatic carbocycles. The fraction of sp³-hybridized carbons (Fsp3) is 0.444. The zero-order chi connectivity index (χ0) is 18.3. The average molecular weight is 375 g/mol. The van der Waals surface area contributed by atoms with Crippen LogP contribution in [0.15, 0.2) is 24.3 Å². The van der Waals surface area contributed by atoms with Gasteiger partial charge in [0.2, 0.25) is 0 Å². The second-order valence-electron chi connectivity index (χ2n) is 6.81. The SMILES string of the molecule is COc1ccc(NC(=O)c2c3c(nn2[C@H]2CCS(=O)(=O)C2)CCC3)cc1. The Labute approximate surface area is 152 Å². The van der Waals surface area contributed by atoms with Crippen LogP contribution >= 0.6 is 0 Å². The van der Waals surface area contributed by atoms with Crippen LogP contribution < -0.4 is 10.1 Å². The fourth-order valence-corrected chi connectivity index (χ4v) is 5.44. The maximum Gasteiger partial charge on any atom is 0.274 e. The van der Waals surface area contributed by atoms with Crippen LogP contribution in [0.4, 0.5) is 5.69 Å². The summed E-state index contributed by atoms with van der Waals surface area (Å²) < 4.78 is 30.5. The molecule has 1 aliphatic heterocycles. The molecule has 2 aromatic rings. The highest BCUT2D eigenvalue weighted by Gasteiger charge is 2.35. The lowest BCUT2D eigenvalue weighted by molar-refractivity contribution is 0.101. The first kappa shape index (κ1) is 17.1. The molecule has 0 radical (unpaired) electrons. The van der Waals surface area contributed by atoms with Gasteiger partial charge < -0.3 is 10.1 Å². The average Bonchev–Trinajstić information content (AvgIpc) is 3.28. The molecule has 0 saturated carbocycles. The van der Waals surface area contributed by atoms with Gasteiger partial charge in [-0.2, -0.15) is 5.10 Å². The van der Waals surface area contributed by atoms with Crippen molar-refractivity contribution in [3.63, 3.8) is 0 Å². The molecule has 7 nitrogen and oxygen atoms in total. The van der Waals surface area contributed by atoms with Crippen LogP contribution in [-0.4, -0.2) is 42.7 Å². The van der Waals surface area contributed by atoms with Crippen molar-refractivity contribution >= 4 is 21.4 Å². The molecule has 26 heavy (non-hydrogen) atoms. The van der Waals surface area contributed by atoms with Gasteiger partial charge in [0.1, 0.15) is 11.4 Å². The molecule has 1 fully saturated rings. The Morgan fingerprint density at radius 2 is 2.04 bits per heavy atom. The summed E-state index contributed by atoms with van der Waals surface area (Å²) in [6.45, 7) is 0. The Morgan fingerprint density at radius 1 is 1.27 bits per heavy atom. The van der Waals surface area contributed by atoms with E-state index in [-0.39, 0.29) is 23.5 Å². The molecule has 0 bridgehead atoms. The van der Waals surface area contributed by atoms with Crippen molar-refractivity contribution in [1.29, 1.82) is 0 Å². The van der Waals surface area contributed by atoms with E-state index in [0.29, 0.717) is 23.6 Å². The molecule has 8 heteroatoms. The molecular weight excluding hydrogens is 354 g/mol. The van der Waals surface area contributed by atoms with Crippen molar-refractivity contribution in [3.8, 4) is 5.75 Å². The third-order valence-corrected chi connectivity index (χ3v) is 6.80. The molecule has 1 N–H and O–H groups in total. The third kappa shape index (κ3) is 3.09. The summed E-state index contributed by atoms with van der Waals surface area (Å²) >= 11 is 0. The van der Waals surface area contributed by atoms with Crippen molar-refractivity contribution in [2.24, 2.45) is 0 Å². The number of hydrogen-bond acceptors (Lipinski definition) is 5. The Balaban J connectivity index is 1.65. The molecule has 1 saturated heterocycles. The van der Waals surface area contributed by atoms with E-state index < -0.39 is 9.84 Å². The number of anilines is 1. The zero-order valence-electron chi connectivity index (χ0n) is 14.6. The van der Waals surface area contributed by atoms with E-state index in [1.54, 1.807) is 36.1 Å². The van der Waals surface area contributed by atoms with Crippen molar-refractivity contribution in [2.75, 3.05) is 23.9 Å². The number of carbonyl (C=O) groups excluding carboxylic acids is 1. The Morgan fingerprint density at radius 3 is 2.69 bits per heavy atom. The lowest BCUT2D eigenvalue weighted by Crippen LogP contribution is -2.23. The van der Waals surface area contributed by atoms with Crippen molar-refractivity contribution < 1.29 is 17.9 Å². The summed E-state index contributed by atoms with van der Waals surface area (Å²) in [5.74, 6) is 0.679. The summed E-state index contributed by atoms with van der Waals surface area (Å²) in [7, 11) is -1.46. The molecule has 2 heterocycles. The standard InChI is InChI=1S/C18H21N3O4S/c1-25-14-7-5-12(6-8-14)19-18(22)17-15-3-2-4-16(15)20-21(17)13-9-10-26(23,24)11-13/h5-8,13H,2-4,9-11H2,1H3,(H,19,22)/t13-/m0/s1. The zero-order valence-corrected chi connectivity index (χ0v) is 15.4. The number of hydrogen-bond donors (Lipinski definition) is 1. The van der Waals surface area contributed by atoms with Gasteiger partial charge in [0.05, 0.1) is 30.4 Å². The van der Waals surface area contributed by atoms with Crippen molar-refractivity contribution in [3.05, 3.63) is 41.2 Å². The number of benzene rings is 1. The maximum atomic E-state index is 13.0. The van der Waals surface area contributed by atoms with E-state index in [2.05, 4.69) is 10.4 Å². The minimum absolute atomic E-state index is 0.0520. The van der Waals surface area contributed by atoms with Crippen LogP contribution in [0.2, 0.25) is 0 Å². The van der Waals surface area contributed by atoms with Gasteiger partial charge in [0, 0.05) is 11.3 Å². The van der Waals surface area contributed by atoms with Crippen molar-refractivity contribution in [1.82, 2.24) is 9.78 Å². The van der Waals surface area contributed by atoms with Gasteiger partial charge in [-0.15, -0.1) is 0 Å². The molecule has 1 atom stereocenters. The fourth-order valence-electron chi connectivity index (χ4n) is 3.75. The number of ether oxygens (including phenoxy) is 1. The highest BCUT2D eigenvalue weighted by Crippen LogP contribution is 2.31. The van der Waals surface area contributed by atoms with Gasteiger partial charge >= 0.3 is 0 Å². The van der Waals surface area contributed by atoms with Crippen LogP contribution in [0.5, 0.6) is 5.75 Å². The van der Waals surface area contributed by atoms with E-state index in [0.717, 1.165) is 30.5 Å². The quantitative estimate of drug-likeness (QED) is 0.883. The number of carbonyl (C=O) groups is 1. The van der Waals surface area contributed by atoms with Gasteiger partial charge in [-0.25, -0.2) is 8.42 Å². The van der Waals surface area contributed by atoms with Crippen molar-refractivity contribution in [2.45, 2.75) is 31.7 Å². The minimum Gasteiger partial charge on any atom is -0.497 e. The van der Waals surface area contributed by atoms with E-state index in [4.69, 9.17) is 4.74 Å². The molecule has 0 spiro atoms. The number of aryl methyl sites for hydroxylation is 1. The predicted octanol–water partition coefficient (Wildman–Crippen LogP) is 1.99. The highest BCUT2D eigenvalue weighted by molar-refractivity contribution is 7.91. The van der Waals surface area contributed by atoms with Gasteiger partial charge in [-0.05, 0) is 49.9 Å². The number of methoxy groups -OCH3 is 1. The molecule has 1 amide bonds. The molecule has 138 valence electrons. The summed E-state index contributed by atoms with van der Waals surface area (Å²) in [4.78, 5) is 13.0. The first-order valence-electron chi connectivity index (χ1n) is 8.73. The number of aromatic nitrogens is 2. The highest BCUT2D eigenvalue weighted by atomic mass is 32.2. The molecule has 0 unspecified atom stereocenters. The maximum absolute atomic E-state index is 13.0. The second kappa shape index (κ2) is 6.42. The van der Waals surface area contributed by atoms with Gasteiger partial charge in [-0.1, -0.05) is 0 Å². The molecular formula is C18H21N3O4S. The normalized spacial score (nSPS) is 20.7.